The molecule has 13 heavy (non-hydrogen) atoms. The van der Waals surface area contributed by atoms with Crippen LogP contribution >= 0.6 is 0 Å². The minimum absolute atomic E-state index is 0.178. The average Bonchev–Trinajstić information content (AvgIpc) is 2.91. The molecule has 0 spiro atoms. The maximum Gasteiger partial charge on any atom is 0.147 e. The number of hydrogen-bond acceptors (Lipinski definition) is 1. The van der Waals surface area contributed by atoms with Gasteiger partial charge in [-0.15, -0.1) is 0 Å². The van der Waals surface area contributed by atoms with Crippen molar-refractivity contribution in [1.29, 1.82) is 0 Å². The Balaban J connectivity index is 2.22. The van der Waals surface area contributed by atoms with E-state index in [-0.39, 0.29) is 11.5 Å². The quantitative estimate of drug-likeness (QED) is 0.474. The molecule has 1 fully saturated rings. The zero-order chi connectivity index (χ0) is 9.26. The summed E-state index contributed by atoms with van der Waals surface area (Å²) < 4.78 is 12.9. The molecule has 1 nitrogen and oxygen atoms in total. The van der Waals surface area contributed by atoms with Gasteiger partial charge in [-0.25, -0.2) is 4.39 Å². The Morgan fingerprint density at radius 3 is 2.77 bits per heavy atom. The van der Waals surface area contributed by atoms with Gasteiger partial charge in [0.25, 0.3) is 0 Å². The summed E-state index contributed by atoms with van der Waals surface area (Å²) in [7, 11) is 0. The molecule has 2 N–H and O–H groups in total. The summed E-state index contributed by atoms with van der Waals surface area (Å²) in [5.74, 6) is 6.15. The normalized spacial score (nSPS) is 14.8. The summed E-state index contributed by atoms with van der Waals surface area (Å²) in [5, 5.41) is 0. The summed E-state index contributed by atoms with van der Waals surface area (Å²) in [5.41, 5.74) is 6.22. The van der Waals surface area contributed by atoms with Crippen LogP contribution in [0.3, 0.4) is 0 Å². The van der Waals surface area contributed by atoms with E-state index in [2.05, 4.69) is 11.8 Å². The SMILES string of the molecule is Nc1ccc(C#CC2CC2)cc1F. The Hall–Kier alpha value is -1.49. The summed E-state index contributed by atoms with van der Waals surface area (Å²) >= 11 is 0. The smallest absolute Gasteiger partial charge is 0.147 e. The predicted octanol–water partition coefficient (Wildman–Crippen LogP) is 2.17. The summed E-state index contributed by atoms with van der Waals surface area (Å²) in [6, 6.07) is 4.67. The first kappa shape index (κ1) is 8.12. The van der Waals surface area contributed by atoms with E-state index in [0.29, 0.717) is 11.5 Å². The molecule has 0 bridgehead atoms. The number of nitrogen functional groups attached to an aromatic ring is 1. The third-order valence-corrected chi connectivity index (χ3v) is 2.00. The maximum atomic E-state index is 12.9. The summed E-state index contributed by atoms with van der Waals surface area (Å²) in [4.78, 5) is 0. The Bertz CT molecular complexity index is 383. The lowest BCUT2D eigenvalue weighted by Crippen LogP contribution is -1.90. The van der Waals surface area contributed by atoms with Crippen LogP contribution in [0.15, 0.2) is 18.2 Å². The molecule has 0 aromatic heterocycles. The van der Waals surface area contributed by atoms with Crippen molar-refractivity contribution in [2.75, 3.05) is 5.73 Å². The molecule has 0 amide bonds. The van der Waals surface area contributed by atoms with E-state index in [4.69, 9.17) is 5.73 Å². The highest BCUT2D eigenvalue weighted by atomic mass is 19.1. The zero-order valence-electron chi connectivity index (χ0n) is 7.18. The molecule has 0 aliphatic heterocycles. The molecule has 1 aromatic carbocycles. The highest BCUT2D eigenvalue weighted by Gasteiger charge is 2.17. The molecule has 0 atom stereocenters. The van der Waals surface area contributed by atoms with Gasteiger partial charge >= 0.3 is 0 Å². The number of nitrogens with two attached hydrogens (primary N) is 1. The van der Waals surface area contributed by atoms with Gasteiger partial charge in [-0.3, -0.25) is 0 Å². The van der Waals surface area contributed by atoms with Crippen LogP contribution < -0.4 is 5.73 Å². The van der Waals surface area contributed by atoms with Crippen molar-refractivity contribution >= 4 is 5.69 Å². The fraction of sp³-hybridized carbons (Fsp3) is 0.273. The Morgan fingerprint density at radius 1 is 1.38 bits per heavy atom. The molecule has 66 valence electrons. The monoisotopic (exact) mass is 175 g/mol. The second kappa shape index (κ2) is 3.10. The van der Waals surface area contributed by atoms with Crippen molar-refractivity contribution < 1.29 is 4.39 Å². The van der Waals surface area contributed by atoms with Crippen molar-refractivity contribution in [3.05, 3.63) is 29.6 Å². The van der Waals surface area contributed by atoms with Crippen LogP contribution in [0.1, 0.15) is 18.4 Å². The van der Waals surface area contributed by atoms with Crippen molar-refractivity contribution in [2.24, 2.45) is 5.92 Å². The molecule has 2 rings (SSSR count). The number of halogens is 1. The first-order chi connectivity index (χ1) is 6.25. The molecular formula is C11H10FN. The molecule has 1 saturated carbocycles. The van der Waals surface area contributed by atoms with E-state index in [1.165, 1.54) is 18.9 Å². The molecule has 0 radical (unpaired) electrons. The number of anilines is 1. The Labute approximate surface area is 76.8 Å². The molecule has 2 heteroatoms. The van der Waals surface area contributed by atoms with Crippen LogP contribution in [0, 0.1) is 23.6 Å². The van der Waals surface area contributed by atoms with E-state index < -0.39 is 0 Å². The van der Waals surface area contributed by atoms with E-state index in [1.54, 1.807) is 12.1 Å². The number of rotatable bonds is 0. The molecule has 1 aliphatic rings. The van der Waals surface area contributed by atoms with E-state index in [1.807, 2.05) is 0 Å². The fourth-order valence-corrected chi connectivity index (χ4v) is 1.02. The van der Waals surface area contributed by atoms with Crippen LogP contribution in [-0.4, -0.2) is 0 Å². The standard InChI is InChI=1S/C11H10FN/c12-10-7-9(5-6-11(10)13)4-3-8-1-2-8/h5-8H,1-2,13H2. The van der Waals surface area contributed by atoms with E-state index in [0.717, 1.165) is 0 Å². The topological polar surface area (TPSA) is 26.0 Å². The lowest BCUT2D eigenvalue weighted by Gasteiger charge is -1.95. The largest absolute Gasteiger partial charge is 0.396 e. The summed E-state index contributed by atoms with van der Waals surface area (Å²) in [6.45, 7) is 0. The van der Waals surface area contributed by atoms with Gasteiger partial charge in [0.1, 0.15) is 5.82 Å². The predicted molar refractivity (Wildman–Crippen MR) is 50.4 cm³/mol. The van der Waals surface area contributed by atoms with Crippen LogP contribution in [0.25, 0.3) is 0 Å². The van der Waals surface area contributed by atoms with Gasteiger partial charge in [-0.2, -0.15) is 0 Å². The minimum Gasteiger partial charge on any atom is -0.396 e. The third kappa shape index (κ3) is 2.00. The highest BCUT2D eigenvalue weighted by molar-refractivity contribution is 5.46. The number of hydrogen-bond donors (Lipinski definition) is 1. The van der Waals surface area contributed by atoms with Crippen molar-refractivity contribution in [3.8, 4) is 11.8 Å². The van der Waals surface area contributed by atoms with Crippen LogP contribution in [0.5, 0.6) is 0 Å². The Morgan fingerprint density at radius 2 is 2.15 bits per heavy atom. The van der Waals surface area contributed by atoms with Gasteiger partial charge in [-0.1, -0.05) is 11.8 Å². The molecule has 0 unspecified atom stereocenters. The van der Waals surface area contributed by atoms with Gasteiger partial charge in [0.15, 0.2) is 0 Å². The van der Waals surface area contributed by atoms with Crippen molar-refractivity contribution in [1.82, 2.24) is 0 Å². The maximum absolute atomic E-state index is 12.9. The lowest BCUT2D eigenvalue weighted by atomic mass is 10.2. The van der Waals surface area contributed by atoms with Gasteiger partial charge in [0, 0.05) is 11.5 Å². The van der Waals surface area contributed by atoms with Gasteiger partial charge in [0.05, 0.1) is 5.69 Å². The second-order valence-electron chi connectivity index (χ2n) is 3.28. The first-order valence-electron chi connectivity index (χ1n) is 4.32. The number of benzene rings is 1. The Kier molecular flexibility index (Phi) is 1.94. The van der Waals surface area contributed by atoms with Gasteiger partial charge in [-0.05, 0) is 31.0 Å². The third-order valence-electron chi connectivity index (χ3n) is 2.00. The molecular weight excluding hydrogens is 165 g/mol. The fourth-order valence-electron chi connectivity index (χ4n) is 1.02. The van der Waals surface area contributed by atoms with Gasteiger partial charge < -0.3 is 5.73 Å². The highest BCUT2D eigenvalue weighted by Crippen LogP contribution is 2.27. The van der Waals surface area contributed by atoms with Crippen LogP contribution in [0.4, 0.5) is 10.1 Å². The molecule has 1 aliphatic carbocycles. The molecule has 1 aromatic rings. The average molecular weight is 175 g/mol. The van der Waals surface area contributed by atoms with Gasteiger partial charge in [0.2, 0.25) is 0 Å². The van der Waals surface area contributed by atoms with Crippen LogP contribution in [-0.2, 0) is 0 Å². The summed E-state index contributed by atoms with van der Waals surface area (Å²) in [6.07, 6.45) is 2.37. The van der Waals surface area contributed by atoms with Crippen molar-refractivity contribution in [2.45, 2.75) is 12.8 Å². The lowest BCUT2D eigenvalue weighted by molar-refractivity contribution is 0.632. The van der Waals surface area contributed by atoms with Crippen molar-refractivity contribution in [3.63, 3.8) is 0 Å². The van der Waals surface area contributed by atoms with E-state index >= 15 is 0 Å². The first-order valence-corrected chi connectivity index (χ1v) is 4.32. The zero-order valence-corrected chi connectivity index (χ0v) is 7.18. The molecule has 0 saturated heterocycles. The minimum atomic E-state index is -0.386. The van der Waals surface area contributed by atoms with E-state index in [9.17, 15) is 4.39 Å². The molecule has 0 heterocycles. The second-order valence-corrected chi connectivity index (χ2v) is 3.28. The van der Waals surface area contributed by atoms with Crippen LogP contribution in [0.2, 0.25) is 0 Å².